The van der Waals surface area contributed by atoms with E-state index in [-0.39, 0.29) is 11.8 Å². The summed E-state index contributed by atoms with van der Waals surface area (Å²) in [6.07, 6.45) is 1.94. The highest BCUT2D eigenvalue weighted by Crippen LogP contribution is 2.11. The molecule has 1 fully saturated rings. The van der Waals surface area contributed by atoms with Gasteiger partial charge in [-0.1, -0.05) is 6.92 Å². The molecular weight excluding hydrogens is 244 g/mol. The van der Waals surface area contributed by atoms with E-state index in [1.165, 1.54) is 0 Å². The van der Waals surface area contributed by atoms with Crippen molar-refractivity contribution in [2.45, 2.75) is 39.2 Å². The van der Waals surface area contributed by atoms with Crippen molar-refractivity contribution in [2.75, 3.05) is 26.2 Å². The second-order valence-corrected chi connectivity index (χ2v) is 5.18. The molecule has 6 nitrogen and oxygen atoms in total. The number of nitrogens with zero attached hydrogens (tertiary/aromatic N) is 3. The number of hydrogen-bond donors (Lipinski definition) is 1. The Balaban J connectivity index is 1.87. The van der Waals surface area contributed by atoms with Gasteiger partial charge in [0.15, 0.2) is 0 Å². The van der Waals surface area contributed by atoms with Crippen LogP contribution < -0.4 is 5.43 Å². The van der Waals surface area contributed by atoms with Gasteiger partial charge in [0, 0.05) is 45.1 Å². The van der Waals surface area contributed by atoms with Crippen LogP contribution in [0.3, 0.4) is 0 Å². The maximum atomic E-state index is 12.2. The molecule has 0 aliphatic carbocycles. The molecule has 2 amide bonds. The third-order valence-electron chi connectivity index (χ3n) is 3.97. The van der Waals surface area contributed by atoms with Gasteiger partial charge in [-0.25, -0.2) is 5.43 Å². The van der Waals surface area contributed by atoms with E-state index in [4.69, 9.17) is 0 Å². The van der Waals surface area contributed by atoms with Crippen LogP contribution in [0, 0.1) is 0 Å². The summed E-state index contributed by atoms with van der Waals surface area (Å²) in [4.78, 5) is 27.5. The van der Waals surface area contributed by atoms with Crippen molar-refractivity contribution in [1.29, 1.82) is 0 Å². The number of rotatable bonds is 3. The number of hydrogen-bond acceptors (Lipinski definition) is 4. The van der Waals surface area contributed by atoms with Gasteiger partial charge >= 0.3 is 0 Å². The Morgan fingerprint density at radius 3 is 2.53 bits per heavy atom. The first-order valence-electron chi connectivity index (χ1n) is 7.00. The molecule has 0 aromatic carbocycles. The normalized spacial score (nSPS) is 22.7. The summed E-state index contributed by atoms with van der Waals surface area (Å²) in [6.45, 7) is 7.73. The van der Waals surface area contributed by atoms with Crippen LogP contribution in [0.5, 0.6) is 0 Å². The maximum absolute atomic E-state index is 12.2. The first kappa shape index (κ1) is 14.0. The first-order valence-corrected chi connectivity index (χ1v) is 7.00. The molecule has 2 aliphatic rings. The van der Waals surface area contributed by atoms with Gasteiger partial charge in [-0.3, -0.25) is 14.5 Å². The fraction of sp³-hybridized carbons (Fsp3) is 0.769. The van der Waals surface area contributed by atoms with Crippen LogP contribution in [0.15, 0.2) is 5.10 Å². The molecule has 2 aliphatic heterocycles. The van der Waals surface area contributed by atoms with Gasteiger partial charge in [0.1, 0.15) is 5.71 Å². The maximum Gasteiger partial charge on any atom is 0.270 e. The number of carbonyl (C=O) groups is 2. The zero-order valence-corrected chi connectivity index (χ0v) is 11.7. The molecule has 0 bridgehead atoms. The number of amides is 2. The monoisotopic (exact) mass is 266 g/mol. The highest BCUT2D eigenvalue weighted by atomic mass is 16.2. The van der Waals surface area contributed by atoms with Crippen LogP contribution in [-0.2, 0) is 9.59 Å². The van der Waals surface area contributed by atoms with Gasteiger partial charge in [0.2, 0.25) is 5.91 Å². The van der Waals surface area contributed by atoms with Crippen molar-refractivity contribution in [3.63, 3.8) is 0 Å². The van der Waals surface area contributed by atoms with Crippen molar-refractivity contribution >= 4 is 17.5 Å². The van der Waals surface area contributed by atoms with E-state index in [2.05, 4.69) is 29.3 Å². The fourth-order valence-electron chi connectivity index (χ4n) is 2.43. The summed E-state index contributed by atoms with van der Waals surface area (Å²) >= 11 is 0. The molecule has 106 valence electrons. The standard InChI is InChI=1S/C13H22N4O2/c1-3-10(2)16-6-8-17(9-7-16)13(19)11-4-5-12(18)15-14-11/h10H,3-9H2,1-2H3,(H,15,18). The number of hydrazone groups is 1. The topological polar surface area (TPSA) is 65.0 Å². The zero-order chi connectivity index (χ0) is 13.8. The minimum absolute atomic E-state index is 0.0243. The molecular formula is C13H22N4O2. The lowest BCUT2D eigenvalue weighted by atomic mass is 10.1. The predicted molar refractivity (Wildman–Crippen MR) is 72.7 cm³/mol. The van der Waals surface area contributed by atoms with Gasteiger partial charge in [0.05, 0.1) is 0 Å². The second-order valence-electron chi connectivity index (χ2n) is 5.18. The minimum Gasteiger partial charge on any atom is -0.335 e. The smallest absolute Gasteiger partial charge is 0.270 e. The molecule has 1 atom stereocenters. The predicted octanol–water partition coefficient (Wildman–Crippen LogP) is 0.195. The molecule has 19 heavy (non-hydrogen) atoms. The SMILES string of the molecule is CCC(C)N1CCN(C(=O)C2=NNC(=O)CC2)CC1. The number of carbonyl (C=O) groups excluding carboxylic acids is 2. The van der Waals surface area contributed by atoms with Crippen molar-refractivity contribution in [2.24, 2.45) is 5.10 Å². The van der Waals surface area contributed by atoms with Gasteiger partial charge < -0.3 is 4.90 Å². The van der Waals surface area contributed by atoms with Crippen LogP contribution in [0.2, 0.25) is 0 Å². The minimum atomic E-state index is -0.113. The molecule has 2 heterocycles. The Morgan fingerprint density at radius 1 is 1.32 bits per heavy atom. The summed E-state index contributed by atoms with van der Waals surface area (Å²) in [5, 5.41) is 3.87. The van der Waals surface area contributed by atoms with E-state index in [1.807, 2.05) is 4.90 Å². The van der Waals surface area contributed by atoms with Gasteiger partial charge in [-0.2, -0.15) is 5.10 Å². The van der Waals surface area contributed by atoms with Gasteiger partial charge in [-0.15, -0.1) is 0 Å². The lowest BCUT2D eigenvalue weighted by molar-refractivity contribution is -0.126. The van der Waals surface area contributed by atoms with Gasteiger partial charge in [-0.05, 0) is 13.3 Å². The van der Waals surface area contributed by atoms with Gasteiger partial charge in [0.25, 0.3) is 5.91 Å². The quantitative estimate of drug-likeness (QED) is 0.793. The molecule has 0 radical (unpaired) electrons. The molecule has 2 rings (SSSR count). The summed E-state index contributed by atoms with van der Waals surface area (Å²) in [5.74, 6) is -0.137. The molecule has 0 aromatic rings. The van der Waals surface area contributed by atoms with Crippen LogP contribution in [0.4, 0.5) is 0 Å². The second kappa shape index (κ2) is 6.14. The Morgan fingerprint density at radius 2 is 2.00 bits per heavy atom. The third kappa shape index (κ3) is 3.32. The molecule has 1 saturated heterocycles. The van der Waals surface area contributed by atoms with E-state index in [0.717, 1.165) is 32.6 Å². The molecule has 0 saturated carbocycles. The Hall–Kier alpha value is -1.43. The van der Waals surface area contributed by atoms with Crippen LogP contribution in [0.1, 0.15) is 33.1 Å². The van der Waals surface area contributed by atoms with Crippen LogP contribution >= 0.6 is 0 Å². The summed E-state index contributed by atoms with van der Waals surface area (Å²) in [7, 11) is 0. The van der Waals surface area contributed by atoms with E-state index in [0.29, 0.717) is 24.6 Å². The van der Waals surface area contributed by atoms with E-state index < -0.39 is 0 Å². The molecule has 1 unspecified atom stereocenters. The highest BCUT2D eigenvalue weighted by molar-refractivity contribution is 6.39. The molecule has 1 N–H and O–H groups in total. The van der Waals surface area contributed by atoms with E-state index in [1.54, 1.807) is 0 Å². The highest BCUT2D eigenvalue weighted by Gasteiger charge is 2.27. The zero-order valence-electron chi connectivity index (χ0n) is 11.7. The number of piperazine rings is 1. The lowest BCUT2D eigenvalue weighted by Crippen LogP contribution is -2.53. The Labute approximate surface area is 113 Å². The van der Waals surface area contributed by atoms with E-state index >= 15 is 0 Å². The lowest BCUT2D eigenvalue weighted by Gasteiger charge is -2.38. The first-order chi connectivity index (χ1) is 9.11. The molecule has 6 heteroatoms. The fourth-order valence-corrected chi connectivity index (χ4v) is 2.43. The molecule has 0 spiro atoms. The van der Waals surface area contributed by atoms with Crippen LogP contribution in [-0.4, -0.2) is 59.5 Å². The summed E-state index contributed by atoms with van der Waals surface area (Å²) in [6, 6.07) is 0.573. The summed E-state index contributed by atoms with van der Waals surface area (Å²) in [5.41, 5.74) is 2.86. The largest absolute Gasteiger partial charge is 0.335 e. The van der Waals surface area contributed by atoms with Crippen molar-refractivity contribution in [3.05, 3.63) is 0 Å². The molecule has 0 aromatic heterocycles. The average molecular weight is 266 g/mol. The van der Waals surface area contributed by atoms with E-state index in [9.17, 15) is 9.59 Å². The summed E-state index contributed by atoms with van der Waals surface area (Å²) < 4.78 is 0. The van der Waals surface area contributed by atoms with Crippen LogP contribution in [0.25, 0.3) is 0 Å². The van der Waals surface area contributed by atoms with Crippen molar-refractivity contribution < 1.29 is 9.59 Å². The average Bonchev–Trinajstić information content (AvgIpc) is 2.46. The van der Waals surface area contributed by atoms with Crippen molar-refractivity contribution in [3.8, 4) is 0 Å². The third-order valence-corrected chi connectivity index (χ3v) is 3.97. The Kier molecular flexibility index (Phi) is 4.52. The number of nitrogens with one attached hydrogen (secondary N) is 1. The van der Waals surface area contributed by atoms with Crippen molar-refractivity contribution in [1.82, 2.24) is 15.2 Å². The Bertz CT molecular complexity index is 386.